The smallest absolute Gasteiger partial charge is 0.0834 e. The van der Waals surface area contributed by atoms with Crippen molar-refractivity contribution in [1.29, 1.82) is 0 Å². The highest BCUT2D eigenvalue weighted by Gasteiger charge is 2.13. The number of aromatic nitrogens is 2. The standard InChI is InChI=1S/C15H20ClN3/c1-11-12(9-17-15(2,3)4)10-18-19(11)14-8-6-5-7-13(14)16/h5-8,10,17H,9H2,1-4H3. The van der Waals surface area contributed by atoms with E-state index >= 15 is 0 Å². The molecule has 0 aliphatic heterocycles. The van der Waals surface area contributed by atoms with Gasteiger partial charge in [-0.15, -0.1) is 0 Å². The molecule has 2 rings (SSSR count). The molecule has 0 saturated heterocycles. The van der Waals surface area contributed by atoms with Crippen molar-refractivity contribution in [1.82, 2.24) is 15.1 Å². The first-order valence-electron chi connectivity index (χ1n) is 6.42. The number of rotatable bonds is 3. The zero-order valence-corrected chi connectivity index (χ0v) is 12.6. The van der Waals surface area contributed by atoms with Gasteiger partial charge in [-0.3, -0.25) is 0 Å². The van der Waals surface area contributed by atoms with Crippen molar-refractivity contribution in [3.8, 4) is 5.69 Å². The van der Waals surface area contributed by atoms with E-state index < -0.39 is 0 Å². The van der Waals surface area contributed by atoms with Crippen molar-refractivity contribution < 1.29 is 0 Å². The third-order valence-electron chi connectivity index (χ3n) is 3.00. The summed E-state index contributed by atoms with van der Waals surface area (Å²) in [5.74, 6) is 0. The van der Waals surface area contributed by atoms with E-state index in [1.807, 2.05) is 35.1 Å². The molecule has 0 radical (unpaired) electrons. The largest absolute Gasteiger partial charge is 0.308 e. The minimum atomic E-state index is 0.0962. The van der Waals surface area contributed by atoms with Crippen LogP contribution in [0.4, 0.5) is 0 Å². The predicted molar refractivity (Wildman–Crippen MR) is 79.9 cm³/mol. The topological polar surface area (TPSA) is 29.9 Å². The van der Waals surface area contributed by atoms with E-state index in [-0.39, 0.29) is 5.54 Å². The summed E-state index contributed by atoms with van der Waals surface area (Å²) in [4.78, 5) is 0. The van der Waals surface area contributed by atoms with E-state index in [2.05, 4.69) is 38.1 Å². The highest BCUT2D eigenvalue weighted by atomic mass is 35.5. The molecule has 0 atom stereocenters. The van der Waals surface area contributed by atoms with Crippen LogP contribution in [0.15, 0.2) is 30.5 Å². The average Bonchev–Trinajstić information content (AvgIpc) is 2.68. The third-order valence-corrected chi connectivity index (χ3v) is 3.32. The van der Waals surface area contributed by atoms with Gasteiger partial charge in [0.15, 0.2) is 0 Å². The molecule has 1 N–H and O–H groups in total. The van der Waals surface area contributed by atoms with Gasteiger partial charge in [0.05, 0.1) is 16.9 Å². The summed E-state index contributed by atoms with van der Waals surface area (Å²) in [6.45, 7) is 9.33. The quantitative estimate of drug-likeness (QED) is 0.927. The molecule has 0 aliphatic carbocycles. The van der Waals surface area contributed by atoms with Crippen molar-refractivity contribution in [3.63, 3.8) is 0 Å². The Bertz CT molecular complexity index is 567. The Labute approximate surface area is 119 Å². The van der Waals surface area contributed by atoms with Gasteiger partial charge in [0.25, 0.3) is 0 Å². The Morgan fingerprint density at radius 3 is 2.58 bits per heavy atom. The summed E-state index contributed by atoms with van der Waals surface area (Å²) in [5.41, 5.74) is 3.32. The molecular formula is C15H20ClN3. The highest BCUT2D eigenvalue weighted by molar-refractivity contribution is 6.32. The molecule has 0 saturated carbocycles. The zero-order valence-electron chi connectivity index (χ0n) is 11.9. The van der Waals surface area contributed by atoms with Gasteiger partial charge in [0.1, 0.15) is 0 Å². The summed E-state index contributed by atoms with van der Waals surface area (Å²) in [6, 6.07) is 7.75. The molecule has 1 aromatic carbocycles. The summed E-state index contributed by atoms with van der Waals surface area (Å²) < 4.78 is 1.89. The third kappa shape index (κ3) is 3.37. The van der Waals surface area contributed by atoms with Crippen molar-refractivity contribution in [2.24, 2.45) is 0 Å². The Hall–Kier alpha value is -1.32. The molecular weight excluding hydrogens is 258 g/mol. The molecule has 3 nitrogen and oxygen atoms in total. The second-order valence-corrected chi connectivity index (χ2v) is 6.13. The van der Waals surface area contributed by atoms with E-state index in [9.17, 15) is 0 Å². The average molecular weight is 278 g/mol. The van der Waals surface area contributed by atoms with Crippen molar-refractivity contribution in [2.75, 3.05) is 0 Å². The first-order valence-corrected chi connectivity index (χ1v) is 6.80. The van der Waals surface area contributed by atoms with Crippen LogP contribution in [0.3, 0.4) is 0 Å². The van der Waals surface area contributed by atoms with Crippen LogP contribution in [0.2, 0.25) is 5.02 Å². The van der Waals surface area contributed by atoms with E-state index in [4.69, 9.17) is 11.6 Å². The first kappa shape index (κ1) is 14.1. The predicted octanol–water partition coefficient (Wildman–Crippen LogP) is 3.72. The van der Waals surface area contributed by atoms with Gasteiger partial charge in [-0.2, -0.15) is 5.10 Å². The minimum Gasteiger partial charge on any atom is -0.308 e. The Kier molecular flexibility index (Phi) is 3.97. The number of para-hydroxylation sites is 1. The fourth-order valence-electron chi connectivity index (χ4n) is 1.84. The molecule has 4 heteroatoms. The summed E-state index contributed by atoms with van der Waals surface area (Å²) in [6.07, 6.45) is 1.90. The number of hydrogen-bond acceptors (Lipinski definition) is 2. The van der Waals surface area contributed by atoms with Gasteiger partial charge in [-0.05, 0) is 39.8 Å². The number of benzene rings is 1. The molecule has 0 unspecified atom stereocenters. The summed E-state index contributed by atoms with van der Waals surface area (Å²) in [5, 5.41) is 8.62. The van der Waals surface area contributed by atoms with Gasteiger partial charge >= 0.3 is 0 Å². The van der Waals surface area contributed by atoms with Crippen LogP contribution < -0.4 is 5.32 Å². The van der Waals surface area contributed by atoms with Gasteiger partial charge in [-0.25, -0.2) is 4.68 Å². The Morgan fingerprint density at radius 2 is 1.95 bits per heavy atom. The molecule has 1 heterocycles. The molecule has 0 amide bonds. The van der Waals surface area contributed by atoms with Gasteiger partial charge < -0.3 is 5.32 Å². The second-order valence-electron chi connectivity index (χ2n) is 5.72. The normalized spacial score (nSPS) is 11.8. The van der Waals surface area contributed by atoms with Crippen LogP contribution in [0.25, 0.3) is 5.69 Å². The monoisotopic (exact) mass is 277 g/mol. The van der Waals surface area contributed by atoms with Gasteiger partial charge in [-0.1, -0.05) is 23.7 Å². The van der Waals surface area contributed by atoms with Crippen LogP contribution >= 0.6 is 11.6 Å². The molecule has 0 fully saturated rings. The fraction of sp³-hybridized carbons (Fsp3) is 0.400. The van der Waals surface area contributed by atoms with Crippen LogP contribution in [0.5, 0.6) is 0 Å². The van der Waals surface area contributed by atoms with Crippen molar-refractivity contribution >= 4 is 11.6 Å². The highest BCUT2D eigenvalue weighted by Crippen LogP contribution is 2.22. The van der Waals surface area contributed by atoms with E-state index in [0.29, 0.717) is 5.02 Å². The summed E-state index contributed by atoms with van der Waals surface area (Å²) in [7, 11) is 0. The van der Waals surface area contributed by atoms with Gasteiger partial charge in [0.2, 0.25) is 0 Å². The lowest BCUT2D eigenvalue weighted by Gasteiger charge is -2.20. The van der Waals surface area contributed by atoms with Crippen LogP contribution in [-0.2, 0) is 6.54 Å². The number of halogens is 1. The van der Waals surface area contributed by atoms with E-state index in [1.54, 1.807) is 0 Å². The lowest BCUT2D eigenvalue weighted by Crippen LogP contribution is -2.35. The molecule has 0 aliphatic rings. The van der Waals surface area contributed by atoms with Crippen LogP contribution in [0.1, 0.15) is 32.0 Å². The SMILES string of the molecule is Cc1c(CNC(C)(C)C)cnn1-c1ccccc1Cl. The second kappa shape index (κ2) is 5.35. The Morgan fingerprint density at radius 1 is 1.26 bits per heavy atom. The molecule has 102 valence electrons. The number of hydrogen-bond donors (Lipinski definition) is 1. The lowest BCUT2D eigenvalue weighted by atomic mass is 10.1. The van der Waals surface area contributed by atoms with Gasteiger partial charge in [0, 0.05) is 23.3 Å². The fourth-order valence-corrected chi connectivity index (χ4v) is 2.06. The van der Waals surface area contributed by atoms with Crippen LogP contribution in [-0.4, -0.2) is 15.3 Å². The van der Waals surface area contributed by atoms with E-state index in [0.717, 1.165) is 17.9 Å². The molecule has 19 heavy (non-hydrogen) atoms. The maximum atomic E-state index is 6.21. The maximum absolute atomic E-state index is 6.21. The lowest BCUT2D eigenvalue weighted by molar-refractivity contribution is 0.424. The maximum Gasteiger partial charge on any atom is 0.0834 e. The van der Waals surface area contributed by atoms with Crippen molar-refractivity contribution in [3.05, 3.63) is 46.7 Å². The number of nitrogens with zero attached hydrogens (tertiary/aromatic N) is 2. The molecule has 0 bridgehead atoms. The number of nitrogens with one attached hydrogen (secondary N) is 1. The molecule has 1 aromatic heterocycles. The van der Waals surface area contributed by atoms with Crippen LogP contribution in [0, 0.1) is 6.92 Å². The first-order chi connectivity index (χ1) is 8.88. The molecule has 0 spiro atoms. The minimum absolute atomic E-state index is 0.0962. The zero-order chi connectivity index (χ0) is 14.0. The molecule has 2 aromatic rings. The van der Waals surface area contributed by atoms with E-state index in [1.165, 1.54) is 5.56 Å². The van der Waals surface area contributed by atoms with Crippen molar-refractivity contribution in [2.45, 2.75) is 39.8 Å². The Balaban J connectivity index is 2.26. The summed E-state index contributed by atoms with van der Waals surface area (Å²) >= 11 is 6.21.